The molecule has 1 aromatic heterocycles. The Morgan fingerprint density at radius 3 is 1.68 bits per heavy atom. The van der Waals surface area contributed by atoms with Crippen molar-refractivity contribution >= 4 is 23.3 Å². The van der Waals surface area contributed by atoms with Gasteiger partial charge in [0.05, 0.1) is 0 Å². The van der Waals surface area contributed by atoms with Crippen LogP contribution in [0.15, 0.2) is 67.0 Å². The maximum absolute atomic E-state index is 4.86. The summed E-state index contributed by atoms with van der Waals surface area (Å²) in [6, 6.07) is 20.4. The number of hydrogen-bond donors (Lipinski definition) is 0. The van der Waals surface area contributed by atoms with Gasteiger partial charge in [0, 0.05) is 24.5 Å². The largest absolute Gasteiger partial charge is 0.341 e. The average Bonchev–Trinajstić information content (AvgIpc) is 2.76. The molecular formula is C23H29N5. The Labute approximate surface area is 168 Å². The van der Waals surface area contributed by atoms with Gasteiger partial charge in [0.2, 0.25) is 11.9 Å². The fourth-order valence-electron chi connectivity index (χ4n) is 3.08. The number of para-hydroxylation sites is 2. The summed E-state index contributed by atoms with van der Waals surface area (Å²) < 4.78 is 0. The fourth-order valence-corrected chi connectivity index (χ4v) is 3.08. The highest BCUT2D eigenvalue weighted by Crippen LogP contribution is 2.31. The summed E-state index contributed by atoms with van der Waals surface area (Å²) in [5, 5.41) is 0. The smallest absolute Gasteiger partial charge is 0.239 e. The molecule has 0 radical (unpaired) electrons. The van der Waals surface area contributed by atoms with Crippen molar-refractivity contribution < 1.29 is 0 Å². The molecule has 0 fully saturated rings. The van der Waals surface area contributed by atoms with Crippen LogP contribution in [0.1, 0.15) is 39.5 Å². The second-order valence-corrected chi connectivity index (χ2v) is 6.79. The van der Waals surface area contributed by atoms with Gasteiger partial charge in [-0.1, -0.05) is 63.1 Å². The maximum atomic E-state index is 4.86. The zero-order valence-corrected chi connectivity index (χ0v) is 16.8. The Balaban J connectivity index is 1.98. The summed E-state index contributed by atoms with van der Waals surface area (Å²) in [6.07, 6.45) is 6.19. The van der Waals surface area contributed by atoms with Crippen LogP contribution in [0.5, 0.6) is 0 Å². The van der Waals surface area contributed by atoms with E-state index >= 15 is 0 Å². The summed E-state index contributed by atoms with van der Waals surface area (Å²) in [7, 11) is 0. The van der Waals surface area contributed by atoms with Gasteiger partial charge in [-0.05, 0) is 37.1 Å². The van der Waals surface area contributed by atoms with Crippen LogP contribution in [-0.2, 0) is 0 Å². The number of aromatic nitrogens is 3. The van der Waals surface area contributed by atoms with Crippen LogP contribution in [0.25, 0.3) is 0 Å². The second-order valence-electron chi connectivity index (χ2n) is 6.79. The average molecular weight is 376 g/mol. The number of anilines is 4. The molecule has 1 heterocycles. The van der Waals surface area contributed by atoms with Gasteiger partial charge < -0.3 is 4.90 Å². The van der Waals surface area contributed by atoms with Crippen LogP contribution in [0.3, 0.4) is 0 Å². The van der Waals surface area contributed by atoms with Gasteiger partial charge in [-0.3, -0.25) is 4.90 Å². The first-order chi connectivity index (χ1) is 13.8. The first-order valence-corrected chi connectivity index (χ1v) is 10.2. The van der Waals surface area contributed by atoms with E-state index in [1.165, 1.54) is 0 Å². The van der Waals surface area contributed by atoms with E-state index in [-0.39, 0.29) is 0 Å². The Morgan fingerprint density at radius 2 is 1.18 bits per heavy atom. The van der Waals surface area contributed by atoms with Gasteiger partial charge >= 0.3 is 0 Å². The molecule has 0 aliphatic rings. The summed E-state index contributed by atoms with van der Waals surface area (Å²) in [4.78, 5) is 18.2. The minimum Gasteiger partial charge on any atom is -0.341 e. The van der Waals surface area contributed by atoms with Crippen molar-refractivity contribution in [2.24, 2.45) is 0 Å². The van der Waals surface area contributed by atoms with E-state index in [9.17, 15) is 0 Å². The van der Waals surface area contributed by atoms with Gasteiger partial charge in [-0.15, -0.1) is 0 Å². The van der Waals surface area contributed by atoms with Crippen molar-refractivity contribution in [3.8, 4) is 0 Å². The molecule has 0 unspecified atom stereocenters. The molecule has 0 amide bonds. The van der Waals surface area contributed by atoms with Crippen LogP contribution in [0, 0.1) is 0 Å². The molecule has 3 rings (SSSR count). The molecule has 5 nitrogen and oxygen atoms in total. The molecule has 0 saturated heterocycles. The third-order valence-corrected chi connectivity index (χ3v) is 4.62. The van der Waals surface area contributed by atoms with E-state index in [2.05, 4.69) is 57.9 Å². The van der Waals surface area contributed by atoms with Gasteiger partial charge in [-0.2, -0.15) is 4.98 Å². The Hall–Kier alpha value is -2.95. The highest BCUT2D eigenvalue weighted by atomic mass is 15.3. The van der Waals surface area contributed by atoms with E-state index in [0.717, 1.165) is 56.1 Å². The zero-order valence-electron chi connectivity index (χ0n) is 16.8. The number of hydrogen-bond acceptors (Lipinski definition) is 5. The Bertz CT molecular complexity index is 775. The predicted octanol–water partition coefficient (Wildman–Crippen LogP) is 5.75. The van der Waals surface area contributed by atoms with Crippen LogP contribution < -0.4 is 9.80 Å². The normalized spacial score (nSPS) is 10.6. The van der Waals surface area contributed by atoms with Gasteiger partial charge in [0.15, 0.2) is 0 Å². The van der Waals surface area contributed by atoms with Crippen molar-refractivity contribution in [3.05, 3.63) is 67.0 Å². The summed E-state index contributed by atoms with van der Waals surface area (Å²) in [5.41, 5.74) is 2.05. The standard InChI is InChI=1S/C23H29N5/c1-3-5-17-27(18-6-4-2)22-24-19-25-23(26-22)28(20-13-9-7-10-14-20)21-15-11-8-12-16-21/h7-16,19H,3-6,17-18H2,1-2H3. The molecule has 0 atom stereocenters. The van der Waals surface area contributed by atoms with Crippen molar-refractivity contribution in [3.63, 3.8) is 0 Å². The lowest BCUT2D eigenvalue weighted by Gasteiger charge is -2.26. The van der Waals surface area contributed by atoms with Crippen molar-refractivity contribution in [1.82, 2.24) is 15.0 Å². The maximum Gasteiger partial charge on any atom is 0.239 e. The first kappa shape index (κ1) is 19.8. The van der Waals surface area contributed by atoms with Crippen LogP contribution >= 0.6 is 0 Å². The van der Waals surface area contributed by atoms with E-state index in [1.54, 1.807) is 6.33 Å². The lowest BCUT2D eigenvalue weighted by atomic mass is 10.2. The highest BCUT2D eigenvalue weighted by Gasteiger charge is 2.17. The fraction of sp³-hybridized carbons (Fsp3) is 0.348. The van der Waals surface area contributed by atoms with Crippen molar-refractivity contribution in [2.75, 3.05) is 22.9 Å². The quantitative estimate of drug-likeness (QED) is 0.451. The topological polar surface area (TPSA) is 45.2 Å². The van der Waals surface area contributed by atoms with Gasteiger partial charge in [0.25, 0.3) is 0 Å². The van der Waals surface area contributed by atoms with Gasteiger partial charge in [0.1, 0.15) is 6.33 Å². The molecule has 5 heteroatoms. The molecule has 0 N–H and O–H groups in total. The van der Waals surface area contributed by atoms with E-state index in [0.29, 0.717) is 5.95 Å². The van der Waals surface area contributed by atoms with E-state index in [1.807, 2.05) is 36.4 Å². The summed E-state index contributed by atoms with van der Waals surface area (Å²) in [6.45, 7) is 6.36. The SMILES string of the molecule is CCCCN(CCCC)c1ncnc(N(c2ccccc2)c2ccccc2)n1. The number of unbranched alkanes of at least 4 members (excludes halogenated alkanes) is 2. The van der Waals surface area contributed by atoms with E-state index < -0.39 is 0 Å². The van der Waals surface area contributed by atoms with Crippen molar-refractivity contribution in [1.29, 1.82) is 0 Å². The molecule has 2 aromatic carbocycles. The Morgan fingerprint density at radius 1 is 0.679 bits per heavy atom. The molecule has 0 bridgehead atoms. The molecule has 0 saturated carbocycles. The van der Waals surface area contributed by atoms with E-state index in [4.69, 9.17) is 4.98 Å². The molecule has 0 aliphatic carbocycles. The summed E-state index contributed by atoms with van der Waals surface area (Å²) >= 11 is 0. The molecule has 0 spiro atoms. The lowest BCUT2D eigenvalue weighted by Crippen LogP contribution is -2.28. The molecule has 146 valence electrons. The zero-order chi connectivity index (χ0) is 19.6. The number of nitrogens with zero attached hydrogens (tertiary/aromatic N) is 5. The lowest BCUT2D eigenvalue weighted by molar-refractivity contribution is 0.661. The molecule has 3 aromatic rings. The van der Waals surface area contributed by atoms with Crippen LogP contribution in [0.4, 0.5) is 23.3 Å². The van der Waals surface area contributed by atoms with Crippen molar-refractivity contribution in [2.45, 2.75) is 39.5 Å². The molecule has 28 heavy (non-hydrogen) atoms. The summed E-state index contributed by atoms with van der Waals surface area (Å²) in [5.74, 6) is 1.39. The second kappa shape index (κ2) is 10.4. The first-order valence-electron chi connectivity index (χ1n) is 10.2. The predicted molar refractivity (Wildman–Crippen MR) is 117 cm³/mol. The van der Waals surface area contributed by atoms with Crippen LogP contribution in [-0.4, -0.2) is 28.0 Å². The molecular weight excluding hydrogens is 346 g/mol. The van der Waals surface area contributed by atoms with Gasteiger partial charge in [-0.25, -0.2) is 9.97 Å². The number of rotatable bonds is 10. The van der Waals surface area contributed by atoms with Crippen LogP contribution in [0.2, 0.25) is 0 Å². The Kier molecular flexibility index (Phi) is 7.36. The molecule has 0 aliphatic heterocycles. The third kappa shape index (κ3) is 5.06. The number of benzene rings is 2. The minimum absolute atomic E-state index is 0.639. The highest BCUT2D eigenvalue weighted by molar-refractivity contribution is 5.72. The monoisotopic (exact) mass is 375 g/mol. The minimum atomic E-state index is 0.639. The third-order valence-electron chi connectivity index (χ3n) is 4.62.